The number of nitrogens with zero attached hydrogens (tertiary/aromatic N) is 1. The van der Waals surface area contributed by atoms with Crippen LogP contribution in [0.1, 0.15) is 111 Å². The second kappa shape index (κ2) is 20.8. The van der Waals surface area contributed by atoms with Crippen LogP contribution < -0.4 is 16.0 Å². The lowest BCUT2D eigenvalue weighted by Gasteiger charge is -2.34. The third-order valence-corrected chi connectivity index (χ3v) is 9.53. The summed E-state index contributed by atoms with van der Waals surface area (Å²) in [7, 11) is 0. The van der Waals surface area contributed by atoms with Gasteiger partial charge in [-0.25, -0.2) is 9.78 Å². The van der Waals surface area contributed by atoms with Crippen molar-refractivity contribution in [3.8, 4) is 0 Å². The smallest absolute Gasteiger partial charge is 0.408 e. The molecule has 2 aromatic rings. The Morgan fingerprint density at radius 2 is 1.63 bits per heavy atom. The average Bonchev–Trinajstić information content (AvgIpc) is 3.60. The molecule has 51 heavy (non-hydrogen) atoms. The lowest BCUT2D eigenvalue weighted by atomic mass is 9.80. The first-order chi connectivity index (χ1) is 24.2. The summed E-state index contributed by atoms with van der Waals surface area (Å²) in [5.41, 5.74) is 0.688. The first-order valence-corrected chi connectivity index (χ1v) is 18.7. The van der Waals surface area contributed by atoms with E-state index < -0.39 is 47.7 Å². The van der Waals surface area contributed by atoms with Crippen LogP contribution in [0.3, 0.4) is 0 Å². The van der Waals surface area contributed by atoms with Crippen LogP contribution in [0, 0.1) is 17.8 Å². The number of alkyl carbamates (subject to hydrolysis) is 1. The van der Waals surface area contributed by atoms with E-state index in [1.165, 1.54) is 12.7 Å². The highest BCUT2D eigenvalue weighted by molar-refractivity contribution is 5.91. The number of benzene rings is 1. The van der Waals surface area contributed by atoms with Gasteiger partial charge in [0.15, 0.2) is 0 Å². The maximum atomic E-state index is 14.2. The molecule has 0 bridgehead atoms. The van der Waals surface area contributed by atoms with Gasteiger partial charge in [-0.1, -0.05) is 83.2 Å². The molecule has 1 heterocycles. The molecular formula is C39H61N5O7. The molecule has 0 radical (unpaired) electrons. The third-order valence-electron chi connectivity index (χ3n) is 9.53. The maximum absolute atomic E-state index is 14.2. The van der Waals surface area contributed by atoms with E-state index in [9.17, 15) is 24.3 Å². The SMILES string of the molecule is CCC(=O)OCC[C@@H](C[C@H](O)[C@H](CC1CCCCC1)NC(=O)[C@H](Cc1cnc[nH]1)NC(=O)[C@H](Cc1ccccc1)NC(=O)OC(C)(C)C)C(C)C. The molecule has 1 aliphatic carbocycles. The minimum absolute atomic E-state index is 0.0635. The van der Waals surface area contributed by atoms with Gasteiger partial charge in [-0.2, -0.15) is 0 Å². The average molecular weight is 712 g/mol. The Morgan fingerprint density at radius 1 is 0.961 bits per heavy atom. The molecule has 1 aliphatic rings. The number of imidazole rings is 1. The number of amides is 3. The van der Waals surface area contributed by atoms with E-state index in [1.54, 1.807) is 33.9 Å². The Bertz CT molecular complexity index is 1340. The van der Waals surface area contributed by atoms with E-state index in [4.69, 9.17) is 9.47 Å². The van der Waals surface area contributed by atoms with E-state index in [0.717, 1.165) is 31.2 Å². The van der Waals surface area contributed by atoms with Crippen LogP contribution in [-0.4, -0.2) is 75.4 Å². The number of aromatic amines is 1. The summed E-state index contributed by atoms with van der Waals surface area (Å²) in [6, 6.07) is 6.68. The fraction of sp³-hybridized carbons (Fsp3) is 0.667. The molecule has 0 saturated heterocycles. The van der Waals surface area contributed by atoms with Gasteiger partial charge in [0.2, 0.25) is 11.8 Å². The molecule has 5 atom stereocenters. The minimum Gasteiger partial charge on any atom is -0.466 e. The Balaban J connectivity index is 1.83. The highest BCUT2D eigenvalue weighted by atomic mass is 16.6. The fourth-order valence-electron chi connectivity index (χ4n) is 6.61. The molecule has 1 aromatic heterocycles. The normalized spacial score (nSPS) is 16.7. The van der Waals surface area contributed by atoms with Gasteiger partial charge in [-0.05, 0) is 63.4 Å². The van der Waals surface area contributed by atoms with E-state index in [0.29, 0.717) is 37.3 Å². The largest absolute Gasteiger partial charge is 0.466 e. The van der Waals surface area contributed by atoms with Crippen LogP contribution in [0.4, 0.5) is 4.79 Å². The number of carbonyl (C=O) groups excluding carboxylic acids is 4. The van der Waals surface area contributed by atoms with Crippen LogP contribution in [0.15, 0.2) is 42.9 Å². The molecule has 284 valence electrons. The van der Waals surface area contributed by atoms with Crippen molar-refractivity contribution in [1.29, 1.82) is 0 Å². The lowest BCUT2D eigenvalue weighted by molar-refractivity contribution is -0.143. The van der Waals surface area contributed by atoms with Gasteiger partial charge in [0.05, 0.1) is 25.1 Å². The summed E-state index contributed by atoms with van der Waals surface area (Å²) in [6.07, 6.45) is 9.24. The van der Waals surface area contributed by atoms with Gasteiger partial charge in [-0.3, -0.25) is 14.4 Å². The maximum Gasteiger partial charge on any atom is 0.408 e. The van der Waals surface area contributed by atoms with Crippen molar-refractivity contribution in [2.24, 2.45) is 17.8 Å². The van der Waals surface area contributed by atoms with Crippen LogP contribution >= 0.6 is 0 Å². The molecule has 0 unspecified atom stereocenters. The second-order valence-corrected chi connectivity index (χ2v) is 15.3. The zero-order valence-corrected chi connectivity index (χ0v) is 31.4. The zero-order chi connectivity index (χ0) is 37.4. The summed E-state index contributed by atoms with van der Waals surface area (Å²) >= 11 is 0. The third kappa shape index (κ3) is 15.5. The number of rotatable bonds is 19. The lowest BCUT2D eigenvalue weighted by Crippen LogP contribution is -2.57. The number of nitrogens with one attached hydrogen (secondary N) is 4. The summed E-state index contributed by atoms with van der Waals surface area (Å²) in [4.78, 5) is 59.9. The molecule has 1 saturated carbocycles. The Morgan fingerprint density at radius 3 is 2.24 bits per heavy atom. The van der Waals surface area contributed by atoms with Crippen LogP contribution in [0.25, 0.3) is 0 Å². The van der Waals surface area contributed by atoms with E-state index >= 15 is 0 Å². The number of carbonyl (C=O) groups is 4. The predicted octanol–water partition coefficient (Wildman–Crippen LogP) is 5.39. The van der Waals surface area contributed by atoms with Crippen molar-refractivity contribution in [2.45, 2.75) is 142 Å². The van der Waals surface area contributed by atoms with E-state index in [1.807, 2.05) is 30.3 Å². The molecule has 1 fully saturated rings. The second-order valence-electron chi connectivity index (χ2n) is 15.3. The number of ether oxygens (including phenoxy) is 2. The Kier molecular flexibility index (Phi) is 16.9. The van der Waals surface area contributed by atoms with Crippen molar-refractivity contribution in [3.05, 3.63) is 54.1 Å². The zero-order valence-electron chi connectivity index (χ0n) is 31.4. The summed E-state index contributed by atoms with van der Waals surface area (Å²) < 4.78 is 10.8. The summed E-state index contributed by atoms with van der Waals surface area (Å²) in [5.74, 6) is -0.596. The monoisotopic (exact) mass is 711 g/mol. The number of hydrogen-bond donors (Lipinski definition) is 5. The van der Waals surface area contributed by atoms with E-state index in [2.05, 4.69) is 39.8 Å². The highest BCUT2D eigenvalue weighted by Crippen LogP contribution is 2.30. The molecule has 1 aromatic carbocycles. The van der Waals surface area contributed by atoms with Gasteiger partial charge >= 0.3 is 12.1 Å². The number of aliphatic hydroxyl groups is 1. The quantitative estimate of drug-likeness (QED) is 0.121. The first kappa shape index (κ1) is 41.5. The molecule has 12 nitrogen and oxygen atoms in total. The standard InChI is InChI=1S/C39H61N5O7/c1-7-35(46)50-19-18-29(26(2)3)22-34(45)31(20-27-14-10-8-11-15-27)42-37(48)33(23-30-24-40-25-41-30)43-36(47)32(21-28-16-12-9-13-17-28)44-38(49)51-39(4,5)6/h9,12-13,16-17,24-27,29,31-34,45H,7-8,10-11,14-15,18-23H2,1-6H3,(H,40,41)(H,42,48)(H,43,47)(H,44,49)/t29-,31-,32-,33-,34-/m0/s1. The summed E-state index contributed by atoms with van der Waals surface area (Å²) in [5, 5.41) is 20.5. The van der Waals surface area contributed by atoms with Gasteiger partial charge in [0, 0.05) is 31.2 Å². The van der Waals surface area contributed by atoms with Gasteiger partial charge < -0.3 is 35.5 Å². The molecule has 3 amide bonds. The topological polar surface area (TPSA) is 172 Å². The number of aromatic nitrogens is 2. The van der Waals surface area contributed by atoms with Crippen molar-refractivity contribution < 1.29 is 33.8 Å². The first-order valence-electron chi connectivity index (χ1n) is 18.7. The highest BCUT2D eigenvalue weighted by Gasteiger charge is 2.33. The molecular weight excluding hydrogens is 650 g/mol. The molecule has 12 heteroatoms. The number of hydrogen-bond acceptors (Lipinski definition) is 8. The van der Waals surface area contributed by atoms with Gasteiger partial charge in [0.25, 0.3) is 0 Å². The Hall–Kier alpha value is -3.93. The summed E-state index contributed by atoms with van der Waals surface area (Å²) in [6.45, 7) is 11.4. The Labute approximate surface area is 303 Å². The molecule has 5 N–H and O–H groups in total. The van der Waals surface area contributed by atoms with Crippen molar-refractivity contribution in [2.75, 3.05) is 6.61 Å². The number of esters is 1. The van der Waals surface area contributed by atoms with Crippen molar-refractivity contribution in [1.82, 2.24) is 25.9 Å². The van der Waals surface area contributed by atoms with Crippen molar-refractivity contribution >= 4 is 23.9 Å². The van der Waals surface area contributed by atoms with Crippen LogP contribution in [0.2, 0.25) is 0 Å². The van der Waals surface area contributed by atoms with Crippen molar-refractivity contribution in [3.63, 3.8) is 0 Å². The fourth-order valence-corrected chi connectivity index (χ4v) is 6.61. The molecule has 0 aliphatic heterocycles. The molecule has 0 spiro atoms. The van der Waals surface area contributed by atoms with E-state index in [-0.39, 0.29) is 37.3 Å². The molecule has 3 rings (SSSR count). The van der Waals surface area contributed by atoms with Crippen LogP contribution in [-0.2, 0) is 36.7 Å². The van der Waals surface area contributed by atoms with Gasteiger partial charge in [-0.15, -0.1) is 0 Å². The predicted molar refractivity (Wildman–Crippen MR) is 195 cm³/mol. The number of H-pyrrole nitrogens is 1. The van der Waals surface area contributed by atoms with Crippen LogP contribution in [0.5, 0.6) is 0 Å². The van der Waals surface area contributed by atoms with Gasteiger partial charge in [0.1, 0.15) is 17.7 Å². The number of aliphatic hydroxyl groups excluding tert-OH is 1. The minimum atomic E-state index is -1.04.